The zero-order valence-electron chi connectivity index (χ0n) is 16.9. The van der Waals surface area contributed by atoms with Gasteiger partial charge in [-0.1, -0.05) is 18.6 Å². The molecule has 1 N–H and O–H groups in total. The fourth-order valence-electron chi connectivity index (χ4n) is 3.77. The van der Waals surface area contributed by atoms with E-state index in [0.717, 1.165) is 24.6 Å². The molecule has 1 fully saturated rings. The minimum atomic E-state index is -0.152. The second kappa shape index (κ2) is 8.83. The fourth-order valence-corrected chi connectivity index (χ4v) is 3.77. The maximum Gasteiger partial charge on any atom is 0.317 e. The number of nitrogens with one attached hydrogen (secondary N) is 1. The first kappa shape index (κ1) is 19.8. The van der Waals surface area contributed by atoms with Crippen LogP contribution in [0.1, 0.15) is 40.0 Å². The lowest BCUT2D eigenvalue weighted by Crippen LogP contribution is -2.55. The van der Waals surface area contributed by atoms with E-state index in [2.05, 4.69) is 24.1 Å². The van der Waals surface area contributed by atoms with Crippen LogP contribution in [0.4, 0.5) is 4.79 Å². The number of likely N-dealkylation sites (N-methyl/N-ethyl adjacent to an activating group) is 1. The topological polar surface area (TPSA) is 54.0 Å². The maximum atomic E-state index is 12.7. The molecule has 1 saturated heterocycles. The van der Waals surface area contributed by atoms with Crippen LogP contribution in [-0.4, -0.2) is 66.8 Å². The van der Waals surface area contributed by atoms with Crippen molar-refractivity contribution >= 4 is 6.03 Å². The summed E-state index contributed by atoms with van der Waals surface area (Å²) in [4.78, 5) is 17.0. The van der Waals surface area contributed by atoms with Gasteiger partial charge in [0.05, 0.1) is 6.54 Å². The van der Waals surface area contributed by atoms with Crippen molar-refractivity contribution < 1.29 is 14.3 Å². The van der Waals surface area contributed by atoms with Gasteiger partial charge in [-0.15, -0.1) is 0 Å². The average molecular weight is 376 g/mol. The van der Waals surface area contributed by atoms with E-state index in [0.29, 0.717) is 26.2 Å². The van der Waals surface area contributed by atoms with Crippen molar-refractivity contribution in [1.29, 1.82) is 0 Å². The van der Waals surface area contributed by atoms with Crippen LogP contribution in [0.5, 0.6) is 11.5 Å². The van der Waals surface area contributed by atoms with Gasteiger partial charge in [0.25, 0.3) is 0 Å². The fraction of sp³-hybridized carbons (Fsp3) is 0.667. The summed E-state index contributed by atoms with van der Waals surface area (Å²) in [5, 5.41) is 3.13. The molecule has 6 nitrogen and oxygen atoms in total. The van der Waals surface area contributed by atoms with Crippen molar-refractivity contribution in [3.05, 3.63) is 24.3 Å². The number of benzene rings is 1. The van der Waals surface area contributed by atoms with Gasteiger partial charge < -0.3 is 19.7 Å². The molecule has 0 aromatic heterocycles. The van der Waals surface area contributed by atoms with E-state index in [1.165, 1.54) is 19.3 Å². The Morgan fingerprint density at radius 2 is 1.93 bits per heavy atom. The Kier molecular flexibility index (Phi) is 6.47. The maximum absolute atomic E-state index is 12.7. The number of para-hydroxylation sites is 2. The zero-order chi connectivity index (χ0) is 19.3. The van der Waals surface area contributed by atoms with Gasteiger partial charge in [0.15, 0.2) is 17.6 Å². The number of fused-ring (bicyclic) bond motifs is 1. The normalized spacial score (nSPS) is 20.2. The minimum Gasteiger partial charge on any atom is -0.486 e. The van der Waals surface area contributed by atoms with Crippen LogP contribution < -0.4 is 14.8 Å². The van der Waals surface area contributed by atoms with E-state index in [1.54, 1.807) is 4.90 Å². The van der Waals surface area contributed by atoms with Crippen LogP contribution in [0.25, 0.3) is 0 Å². The summed E-state index contributed by atoms with van der Waals surface area (Å²) in [5.74, 6) is 1.51. The molecule has 0 saturated carbocycles. The lowest BCUT2D eigenvalue weighted by Gasteiger charge is -2.41. The smallest absolute Gasteiger partial charge is 0.317 e. The van der Waals surface area contributed by atoms with Crippen LogP contribution >= 0.6 is 0 Å². The molecule has 1 atom stereocenters. The highest BCUT2D eigenvalue weighted by molar-refractivity contribution is 5.74. The number of hydrogen-bond acceptors (Lipinski definition) is 4. The molecular formula is C21H33N3O3. The Labute approximate surface area is 162 Å². The number of carbonyl (C=O) groups is 1. The third-order valence-corrected chi connectivity index (χ3v) is 5.54. The monoisotopic (exact) mass is 375 g/mol. The zero-order valence-corrected chi connectivity index (χ0v) is 16.9. The summed E-state index contributed by atoms with van der Waals surface area (Å²) >= 11 is 0. The molecule has 2 aliphatic heterocycles. The van der Waals surface area contributed by atoms with Gasteiger partial charge in [-0.2, -0.15) is 0 Å². The van der Waals surface area contributed by atoms with Crippen molar-refractivity contribution in [3.8, 4) is 11.5 Å². The molecule has 1 aromatic rings. The second-order valence-corrected chi connectivity index (χ2v) is 8.06. The van der Waals surface area contributed by atoms with Gasteiger partial charge in [-0.3, -0.25) is 4.90 Å². The van der Waals surface area contributed by atoms with E-state index in [4.69, 9.17) is 9.47 Å². The Balaban J connectivity index is 1.50. The third-order valence-electron chi connectivity index (χ3n) is 5.54. The van der Waals surface area contributed by atoms with Crippen molar-refractivity contribution in [3.63, 3.8) is 0 Å². The van der Waals surface area contributed by atoms with Gasteiger partial charge >= 0.3 is 6.03 Å². The number of hydrogen-bond donors (Lipinski definition) is 1. The number of carbonyl (C=O) groups excluding carboxylic acids is 1. The SMILES string of the molecule is CCN(CC1COc2ccccc2O1)C(=O)NCC(C)(C)N1CCCCC1. The molecule has 2 aliphatic rings. The predicted molar refractivity (Wildman–Crippen MR) is 107 cm³/mol. The lowest BCUT2D eigenvalue weighted by molar-refractivity contribution is 0.0651. The Bertz CT molecular complexity index is 629. The molecule has 2 heterocycles. The van der Waals surface area contributed by atoms with E-state index >= 15 is 0 Å². The van der Waals surface area contributed by atoms with Crippen LogP contribution in [0.2, 0.25) is 0 Å². The van der Waals surface area contributed by atoms with Gasteiger partial charge in [0.2, 0.25) is 0 Å². The number of amides is 2. The van der Waals surface area contributed by atoms with Crippen LogP contribution in [-0.2, 0) is 0 Å². The molecule has 6 heteroatoms. The Morgan fingerprint density at radius 1 is 1.22 bits per heavy atom. The highest BCUT2D eigenvalue weighted by Gasteiger charge is 2.30. The molecule has 0 bridgehead atoms. The molecular weight excluding hydrogens is 342 g/mol. The Hall–Kier alpha value is -1.95. The molecule has 0 spiro atoms. The Morgan fingerprint density at radius 3 is 2.63 bits per heavy atom. The molecule has 1 unspecified atom stereocenters. The van der Waals surface area contributed by atoms with Gasteiger partial charge in [-0.25, -0.2) is 4.79 Å². The van der Waals surface area contributed by atoms with Crippen molar-refractivity contribution in [2.75, 3.05) is 39.3 Å². The summed E-state index contributed by atoms with van der Waals surface area (Å²) in [7, 11) is 0. The van der Waals surface area contributed by atoms with Gasteiger partial charge in [0, 0.05) is 18.6 Å². The number of urea groups is 1. The van der Waals surface area contributed by atoms with Crippen LogP contribution in [0.15, 0.2) is 24.3 Å². The van der Waals surface area contributed by atoms with Crippen molar-refractivity contribution in [2.45, 2.75) is 51.7 Å². The van der Waals surface area contributed by atoms with Gasteiger partial charge in [0.1, 0.15) is 6.61 Å². The summed E-state index contributed by atoms with van der Waals surface area (Å²) in [6.45, 7) is 10.9. The molecule has 0 aliphatic carbocycles. The molecule has 0 radical (unpaired) electrons. The lowest BCUT2D eigenvalue weighted by atomic mass is 9.98. The summed E-state index contributed by atoms with van der Waals surface area (Å²) in [6.07, 6.45) is 3.66. The number of likely N-dealkylation sites (tertiary alicyclic amines) is 1. The largest absolute Gasteiger partial charge is 0.486 e. The molecule has 3 rings (SSSR count). The van der Waals surface area contributed by atoms with E-state index in [-0.39, 0.29) is 17.7 Å². The first-order valence-electron chi connectivity index (χ1n) is 10.2. The molecule has 150 valence electrons. The standard InChI is InChI=1S/C21H33N3O3/c1-4-23(14-17-15-26-18-10-6-7-11-19(18)27-17)20(25)22-16-21(2,3)24-12-8-5-9-13-24/h6-7,10-11,17H,4-5,8-9,12-16H2,1-3H3,(H,22,25). The average Bonchev–Trinajstić information content (AvgIpc) is 2.71. The molecule has 1 aromatic carbocycles. The number of rotatable bonds is 6. The summed E-state index contributed by atoms with van der Waals surface area (Å²) in [5.41, 5.74) is -0.0289. The van der Waals surface area contributed by atoms with Crippen molar-refractivity contribution in [2.24, 2.45) is 0 Å². The molecule has 27 heavy (non-hydrogen) atoms. The van der Waals surface area contributed by atoms with E-state index in [9.17, 15) is 4.79 Å². The summed E-state index contributed by atoms with van der Waals surface area (Å²) < 4.78 is 11.8. The first-order chi connectivity index (χ1) is 13.0. The number of piperidine rings is 1. The predicted octanol–water partition coefficient (Wildman–Crippen LogP) is 3.12. The highest BCUT2D eigenvalue weighted by Crippen LogP contribution is 2.31. The van der Waals surface area contributed by atoms with Gasteiger partial charge in [-0.05, 0) is 58.8 Å². The summed E-state index contributed by atoms with van der Waals surface area (Å²) in [6, 6.07) is 7.62. The van der Waals surface area contributed by atoms with E-state index < -0.39 is 0 Å². The minimum absolute atomic E-state index is 0.0289. The number of ether oxygens (including phenoxy) is 2. The number of nitrogens with zero attached hydrogens (tertiary/aromatic N) is 2. The second-order valence-electron chi connectivity index (χ2n) is 8.06. The van der Waals surface area contributed by atoms with Crippen LogP contribution in [0.3, 0.4) is 0 Å². The van der Waals surface area contributed by atoms with E-state index in [1.807, 2.05) is 31.2 Å². The molecule has 2 amide bonds. The van der Waals surface area contributed by atoms with Crippen LogP contribution in [0, 0.1) is 0 Å². The highest BCUT2D eigenvalue weighted by atomic mass is 16.6. The quantitative estimate of drug-likeness (QED) is 0.830. The van der Waals surface area contributed by atoms with Crippen molar-refractivity contribution in [1.82, 2.24) is 15.1 Å². The first-order valence-corrected chi connectivity index (χ1v) is 10.2. The third kappa shape index (κ3) is 5.06.